The number of hydrogen-bond donors (Lipinski definition) is 2. The van der Waals surface area contributed by atoms with Crippen LogP contribution in [0.2, 0.25) is 5.02 Å². The zero-order chi connectivity index (χ0) is 9.14. The first-order chi connectivity index (χ1) is 5.65. The van der Waals surface area contributed by atoms with E-state index in [1.54, 1.807) is 0 Å². The molecule has 3 N–H and O–H groups in total. The normalized spacial score (nSPS) is 12.0. The number of aliphatic hydroxyl groups excluding tert-OH is 1. The Bertz CT molecular complexity index is 283. The summed E-state index contributed by atoms with van der Waals surface area (Å²) in [4.78, 5) is 0. The summed E-state index contributed by atoms with van der Waals surface area (Å²) in [6.07, 6.45) is 0. The molecule has 0 fully saturated rings. The van der Waals surface area contributed by atoms with Gasteiger partial charge in [-0.25, -0.2) is 4.39 Å². The van der Waals surface area contributed by atoms with Gasteiger partial charge in [-0.1, -0.05) is 17.7 Å². The van der Waals surface area contributed by atoms with Crippen LogP contribution in [-0.4, -0.2) is 11.7 Å². The van der Waals surface area contributed by atoms with E-state index in [0.29, 0.717) is 5.56 Å². The minimum atomic E-state index is -0.497. The molecule has 0 saturated heterocycles. The highest BCUT2D eigenvalue weighted by molar-refractivity contribution is 6.30. The lowest BCUT2D eigenvalue weighted by Crippen LogP contribution is -2.14. The minimum absolute atomic E-state index is 0. The minimum Gasteiger partial charge on any atom is -0.394 e. The lowest BCUT2D eigenvalue weighted by atomic mass is 10.1. The molecule has 0 amide bonds. The molecule has 0 saturated carbocycles. The van der Waals surface area contributed by atoms with Gasteiger partial charge in [0, 0.05) is 0 Å². The molecule has 0 aliphatic carbocycles. The number of hydrogen-bond acceptors (Lipinski definition) is 2. The van der Waals surface area contributed by atoms with Crippen molar-refractivity contribution in [2.45, 2.75) is 6.04 Å². The van der Waals surface area contributed by atoms with Crippen LogP contribution in [0.25, 0.3) is 0 Å². The van der Waals surface area contributed by atoms with Crippen LogP contribution in [-0.2, 0) is 0 Å². The molecule has 1 rings (SSSR count). The third-order valence-electron chi connectivity index (χ3n) is 1.57. The van der Waals surface area contributed by atoms with Crippen molar-refractivity contribution in [1.29, 1.82) is 0 Å². The average molecular weight is 226 g/mol. The van der Waals surface area contributed by atoms with Crippen molar-refractivity contribution in [3.05, 3.63) is 34.6 Å². The maximum Gasteiger partial charge on any atom is 0.141 e. The zero-order valence-electron chi connectivity index (χ0n) is 6.71. The van der Waals surface area contributed by atoms with Gasteiger partial charge >= 0.3 is 0 Å². The molecule has 0 bridgehead atoms. The van der Waals surface area contributed by atoms with Gasteiger partial charge in [-0.05, 0) is 17.7 Å². The molecule has 0 aliphatic heterocycles. The van der Waals surface area contributed by atoms with Crippen LogP contribution < -0.4 is 5.73 Å². The Morgan fingerprint density at radius 1 is 1.54 bits per heavy atom. The highest BCUT2D eigenvalue weighted by atomic mass is 35.5. The smallest absolute Gasteiger partial charge is 0.141 e. The third kappa shape index (κ3) is 3.12. The molecule has 1 aromatic rings. The second kappa shape index (κ2) is 5.40. The van der Waals surface area contributed by atoms with Crippen molar-refractivity contribution in [3.63, 3.8) is 0 Å². The summed E-state index contributed by atoms with van der Waals surface area (Å²) in [5.74, 6) is -0.481. The molecule has 2 nitrogen and oxygen atoms in total. The highest BCUT2D eigenvalue weighted by Crippen LogP contribution is 2.19. The molecule has 0 aliphatic rings. The van der Waals surface area contributed by atoms with Gasteiger partial charge in [-0.3, -0.25) is 0 Å². The summed E-state index contributed by atoms with van der Waals surface area (Å²) in [6, 6.07) is 3.65. The molecule has 1 aromatic carbocycles. The van der Waals surface area contributed by atoms with E-state index < -0.39 is 11.9 Å². The predicted molar refractivity (Wildman–Crippen MR) is 52.7 cm³/mol. The van der Waals surface area contributed by atoms with Gasteiger partial charge in [0.1, 0.15) is 5.82 Å². The number of halogens is 3. The molecule has 0 aromatic heterocycles. The topological polar surface area (TPSA) is 46.2 Å². The van der Waals surface area contributed by atoms with Crippen LogP contribution in [0.15, 0.2) is 18.2 Å². The maximum absolute atomic E-state index is 12.6. The van der Waals surface area contributed by atoms with Gasteiger partial charge in [-0.2, -0.15) is 0 Å². The van der Waals surface area contributed by atoms with Crippen molar-refractivity contribution < 1.29 is 9.50 Å². The molecule has 0 radical (unpaired) electrons. The molecule has 0 unspecified atom stereocenters. The van der Waals surface area contributed by atoms with Gasteiger partial charge in [0.25, 0.3) is 0 Å². The van der Waals surface area contributed by atoms with E-state index >= 15 is 0 Å². The molecule has 13 heavy (non-hydrogen) atoms. The van der Waals surface area contributed by atoms with Crippen LogP contribution in [0.1, 0.15) is 11.6 Å². The average Bonchev–Trinajstić information content (AvgIpc) is 2.08. The summed E-state index contributed by atoms with van der Waals surface area (Å²) in [7, 11) is 0. The summed E-state index contributed by atoms with van der Waals surface area (Å²) >= 11 is 5.50. The molecule has 0 heterocycles. The quantitative estimate of drug-likeness (QED) is 0.808. The predicted octanol–water partition coefficient (Wildman–Crippen LogP) is 1.89. The van der Waals surface area contributed by atoms with Gasteiger partial charge in [0.2, 0.25) is 0 Å². The second-order valence-corrected chi connectivity index (χ2v) is 2.87. The van der Waals surface area contributed by atoms with Crippen molar-refractivity contribution in [3.8, 4) is 0 Å². The Kier molecular flexibility index (Phi) is 5.25. The number of aliphatic hydroxyl groups is 1. The monoisotopic (exact) mass is 225 g/mol. The van der Waals surface area contributed by atoms with Crippen molar-refractivity contribution in [1.82, 2.24) is 0 Å². The zero-order valence-corrected chi connectivity index (χ0v) is 8.28. The second-order valence-electron chi connectivity index (χ2n) is 2.46. The van der Waals surface area contributed by atoms with Gasteiger partial charge in [0.15, 0.2) is 0 Å². The molecular formula is C8H10Cl2FNO. The standard InChI is InChI=1S/C8H9ClFNO.ClH/c9-6-3-5(8(11)4-12)1-2-7(6)10;/h1-3,8,12H,4,11H2;1H/t8-;/m1./s1. The SMILES string of the molecule is Cl.N[C@H](CO)c1ccc(F)c(Cl)c1. The molecule has 1 atom stereocenters. The first-order valence-electron chi connectivity index (χ1n) is 3.46. The Balaban J connectivity index is 0.00000144. The van der Waals surface area contributed by atoms with Gasteiger partial charge in [-0.15, -0.1) is 12.4 Å². The maximum atomic E-state index is 12.6. The molecule has 74 valence electrons. The highest BCUT2D eigenvalue weighted by Gasteiger charge is 2.06. The number of nitrogens with two attached hydrogens (primary N) is 1. The van der Waals surface area contributed by atoms with E-state index in [0.717, 1.165) is 0 Å². The summed E-state index contributed by atoms with van der Waals surface area (Å²) < 4.78 is 12.6. The summed E-state index contributed by atoms with van der Waals surface area (Å²) in [5, 5.41) is 8.71. The van der Waals surface area contributed by atoms with Crippen LogP contribution in [0.5, 0.6) is 0 Å². The van der Waals surface area contributed by atoms with Crippen molar-refractivity contribution in [2.75, 3.05) is 6.61 Å². The Hall–Kier alpha value is -0.350. The fourth-order valence-electron chi connectivity index (χ4n) is 0.848. The first-order valence-corrected chi connectivity index (χ1v) is 3.84. The van der Waals surface area contributed by atoms with E-state index in [9.17, 15) is 4.39 Å². The Morgan fingerprint density at radius 2 is 2.15 bits per heavy atom. The van der Waals surface area contributed by atoms with E-state index in [4.69, 9.17) is 22.4 Å². The van der Waals surface area contributed by atoms with E-state index in [1.807, 2.05) is 0 Å². The number of rotatable bonds is 2. The van der Waals surface area contributed by atoms with Crippen LogP contribution >= 0.6 is 24.0 Å². The summed E-state index contributed by atoms with van der Waals surface area (Å²) in [5.41, 5.74) is 6.11. The van der Waals surface area contributed by atoms with E-state index in [1.165, 1.54) is 18.2 Å². The van der Waals surface area contributed by atoms with Gasteiger partial charge < -0.3 is 10.8 Å². The Labute approximate surface area is 86.9 Å². The first kappa shape index (κ1) is 12.7. The number of benzene rings is 1. The van der Waals surface area contributed by atoms with Crippen molar-refractivity contribution >= 4 is 24.0 Å². The Morgan fingerprint density at radius 3 is 2.62 bits per heavy atom. The molecule has 0 spiro atoms. The van der Waals surface area contributed by atoms with Crippen molar-refractivity contribution in [2.24, 2.45) is 5.73 Å². The largest absolute Gasteiger partial charge is 0.394 e. The van der Waals surface area contributed by atoms with E-state index in [-0.39, 0.29) is 24.0 Å². The van der Waals surface area contributed by atoms with E-state index in [2.05, 4.69) is 0 Å². The van der Waals surface area contributed by atoms with Crippen LogP contribution in [0.4, 0.5) is 4.39 Å². The summed E-state index contributed by atoms with van der Waals surface area (Å²) in [6.45, 7) is -0.179. The molecular weight excluding hydrogens is 216 g/mol. The fraction of sp³-hybridized carbons (Fsp3) is 0.250. The lowest BCUT2D eigenvalue weighted by Gasteiger charge is -2.08. The third-order valence-corrected chi connectivity index (χ3v) is 1.86. The molecule has 5 heteroatoms. The van der Waals surface area contributed by atoms with Crippen LogP contribution in [0, 0.1) is 5.82 Å². The lowest BCUT2D eigenvalue weighted by molar-refractivity contribution is 0.268. The van der Waals surface area contributed by atoms with Crippen LogP contribution in [0.3, 0.4) is 0 Å². The fourth-order valence-corrected chi connectivity index (χ4v) is 1.04. The van der Waals surface area contributed by atoms with Gasteiger partial charge in [0.05, 0.1) is 17.7 Å².